The first-order chi connectivity index (χ1) is 8.16. The molecule has 2 rings (SSSR count). The minimum absolute atomic E-state index is 0.154. The van der Waals surface area contributed by atoms with Crippen molar-refractivity contribution >= 4 is 0 Å². The van der Waals surface area contributed by atoms with Crippen molar-refractivity contribution in [1.29, 1.82) is 0 Å². The molecule has 0 aliphatic rings. The van der Waals surface area contributed by atoms with Crippen LogP contribution in [0.3, 0.4) is 0 Å². The Balaban J connectivity index is 2.05. The van der Waals surface area contributed by atoms with Crippen LogP contribution in [0.25, 0.3) is 0 Å². The molecular weight excluding hydrogens is 214 g/mol. The van der Waals surface area contributed by atoms with Gasteiger partial charge in [-0.05, 0) is 19.9 Å². The fourth-order valence-corrected chi connectivity index (χ4v) is 1.61. The van der Waals surface area contributed by atoms with Crippen molar-refractivity contribution in [3.05, 3.63) is 42.2 Å². The third-order valence-corrected chi connectivity index (χ3v) is 2.58. The largest absolute Gasteiger partial charge is 0.322 e. The standard InChI is InChI=1S/C12H17N5/c1-9(2)17-6-3-10(16-17)7-11(13)12-8-14-4-5-15-12/h3-6,8-9,11H,7,13H2,1-2H3. The van der Waals surface area contributed by atoms with E-state index in [2.05, 4.69) is 28.9 Å². The second kappa shape index (κ2) is 5.05. The van der Waals surface area contributed by atoms with Crippen LogP contribution in [0.5, 0.6) is 0 Å². The van der Waals surface area contributed by atoms with Crippen molar-refractivity contribution in [2.45, 2.75) is 32.4 Å². The molecule has 1 atom stereocenters. The molecular formula is C12H17N5. The summed E-state index contributed by atoms with van der Waals surface area (Å²) in [5.41, 5.74) is 7.84. The van der Waals surface area contributed by atoms with Gasteiger partial charge < -0.3 is 5.73 Å². The first-order valence-corrected chi connectivity index (χ1v) is 5.72. The summed E-state index contributed by atoms with van der Waals surface area (Å²) >= 11 is 0. The fraction of sp³-hybridized carbons (Fsp3) is 0.417. The van der Waals surface area contributed by atoms with E-state index in [1.165, 1.54) is 0 Å². The molecule has 2 N–H and O–H groups in total. The molecule has 0 bridgehead atoms. The summed E-state index contributed by atoms with van der Waals surface area (Å²) in [5, 5.41) is 4.46. The first-order valence-electron chi connectivity index (χ1n) is 5.72. The van der Waals surface area contributed by atoms with E-state index in [1.807, 2.05) is 16.9 Å². The lowest BCUT2D eigenvalue weighted by molar-refractivity contribution is 0.522. The number of hydrogen-bond donors (Lipinski definition) is 1. The number of nitrogens with two attached hydrogens (primary N) is 1. The maximum atomic E-state index is 6.06. The lowest BCUT2D eigenvalue weighted by Gasteiger charge is -2.08. The third kappa shape index (κ3) is 2.88. The molecule has 0 saturated heterocycles. The second-order valence-corrected chi connectivity index (χ2v) is 4.32. The Bertz CT molecular complexity index is 463. The Morgan fingerprint density at radius 2 is 2.18 bits per heavy atom. The predicted molar refractivity (Wildman–Crippen MR) is 65.3 cm³/mol. The van der Waals surface area contributed by atoms with Crippen LogP contribution in [-0.4, -0.2) is 19.7 Å². The first kappa shape index (κ1) is 11.7. The predicted octanol–water partition coefficient (Wildman–Crippen LogP) is 1.50. The summed E-state index contributed by atoms with van der Waals surface area (Å²) in [6.07, 6.45) is 7.65. The van der Waals surface area contributed by atoms with Gasteiger partial charge in [0.15, 0.2) is 0 Å². The summed E-state index contributed by atoms with van der Waals surface area (Å²) in [6, 6.07) is 2.21. The van der Waals surface area contributed by atoms with Gasteiger partial charge in [-0.25, -0.2) is 0 Å². The molecule has 1 unspecified atom stereocenters. The molecule has 0 aliphatic heterocycles. The second-order valence-electron chi connectivity index (χ2n) is 4.32. The van der Waals surface area contributed by atoms with Gasteiger partial charge in [-0.3, -0.25) is 14.6 Å². The van der Waals surface area contributed by atoms with E-state index in [1.54, 1.807) is 18.6 Å². The number of aromatic nitrogens is 4. The van der Waals surface area contributed by atoms with Crippen LogP contribution in [0.15, 0.2) is 30.9 Å². The van der Waals surface area contributed by atoms with Gasteiger partial charge in [0, 0.05) is 37.3 Å². The lowest BCUT2D eigenvalue weighted by atomic mass is 10.1. The molecule has 0 saturated carbocycles. The van der Waals surface area contributed by atoms with Crippen LogP contribution >= 0.6 is 0 Å². The van der Waals surface area contributed by atoms with Gasteiger partial charge in [-0.2, -0.15) is 5.10 Å². The summed E-state index contributed by atoms with van der Waals surface area (Å²) < 4.78 is 1.93. The SMILES string of the molecule is CC(C)n1ccc(CC(N)c2cnccn2)n1. The van der Waals surface area contributed by atoms with Gasteiger partial charge in [0.05, 0.1) is 17.4 Å². The Labute approximate surface area is 101 Å². The van der Waals surface area contributed by atoms with Gasteiger partial charge in [0.2, 0.25) is 0 Å². The molecule has 0 amide bonds. The minimum atomic E-state index is -0.154. The van der Waals surface area contributed by atoms with Gasteiger partial charge in [-0.15, -0.1) is 0 Å². The van der Waals surface area contributed by atoms with Crippen molar-refractivity contribution < 1.29 is 0 Å². The highest BCUT2D eigenvalue weighted by Crippen LogP contribution is 2.12. The zero-order chi connectivity index (χ0) is 12.3. The highest BCUT2D eigenvalue weighted by Gasteiger charge is 2.11. The van der Waals surface area contributed by atoms with E-state index in [4.69, 9.17) is 5.73 Å². The summed E-state index contributed by atoms with van der Waals surface area (Å²) in [4.78, 5) is 8.21. The number of nitrogens with zero attached hydrogens (tertiary/aromatic N) is 4. The molecule has 17 heavy (non-hydrogen) atoms. The topological polar surface area (TPSA) is 69.6 Å². The van der Waals surface area contributed by atoms with Crippen LogP contribution in [-0.2, 0) is 6.42 Å². The lowest BCUT2D eigenvalue weighted by Crippen LogP contribution is -2.15. The van der Waals surface area contributed by atoms with Crippen molar-refractivity contribution in [1.82, 2.24) is 19.7 Å². The normalized spacial score (nSPS) is 12.9. The van der Waals surface area contributed by atoms with Gasteiger partial charge in [0.1, 0.15) is 0 Å². The number of hydrogen-bond acceptors (Lipinski definition) is 4. The van der Waals surface area contributed by atoms with Crippen molar-refractivity contribution in [3.8, 4) is 0 Å². The maximum Gasteiger partial charge on any atom is 0.0757 e. The van der Waals surface area contributed by atoms with E-state index in [0.717, 1.165) is 11.4 Å². The monoisotopic (exact) mass is 231 g/mol. The summed E-state index contributed by atoms with van der Waals surface area (Å²) in [6.45, 7) is 4.19. The molecule has 0 aromatic carbocycles. The van der Waals surface area contributed by atoms with Gasteiger partial charge in [-0.1, -0.05) is 0 Å². The van der Waals surface area contributed by atoms with E-state index >= 15 is 0 Å². The van der Waals surface area contributed by atoms with Crippen molar-refractivity contribution in [2.24, 2.45) is 5.73 Å². The molecule has 2 heterocycles. The zero-order valence-electron chi connectivity index (χ0n) is 10.1. The van der Waals surface area contributed by atoms with Crippen LogP contribution in [0, 0.1) is 0 Å². The van der Waals surface area contributed by atoms with E-state index < -0.39 is 0 Å². The Morgan fingerprint density at radius 3 is 2.76 bits per heavy atom. The minimum Gasteiger partial charge on any atom is -0.322 e. The molecule has 2 aromatic rings. The molecule has 90 valence electrons. The third-order valence-electron chi connectivity index (χ3n) is 2.58. The molecule has 2 aromatic heterocycles. The van der Waals surface area contributed by atoms with Gasteiger partial charge in [0.25, 0.3) is 0 Å². The Morgan fingerprint density at radius 1 is 1.35 bits per heavy atom. The van der Waals surface area contributed by atoms with Crippen LogP contribution in [0.2, 0.25) is 0 Å². The molecule has 0 fully saturated rings. The molecule has 0 aliphatic carbocycles. The quantitative estimate of drug-likeness (QED) is 0.865. The average Bonchev–Trinajstić information content (AvgIpc) is 2.79. The zero-order valence-corrected chi connectivity index (χ0v) is 10.1. The molecule has 0 spiro atoms. The highest BCUT2D eigenvalue weighted by atomic mass is 15.3. The summed E-state index contributed by atoms with van der Waals surface area (Å²) in [7, 11) is 0. The Kier molecular flexibility index (Phi) is 3.49. The average molecular weight is 231 g/mol. The van der Waals surface area contributed by atoms with Crippen LogP contribution < -0.4 is 5.73 Å². The molecule has 0 radical (unpaired) electrons. The van der Waals surface area contributed by atoms with Crippen molar-refractivity contribution in [3.63, 3.8) is 0 Å². The van der Waals surface area contributed by atoms with E-state index in [0.29, 0.717) is 12.5 Å². The molecule has 5 heteroatoms. The Hall–Kier alpha value is -1.75. The molecule has 5 nitrogen and oxygen atoms in total. The number of rotatable bonds is 4. The summed E-state index contributed by atoms with van der Waals surface area (Å²) in [5.74, 6) is 0. The van der Waals surface area contributed by atoms with Gasteiger partial charge >= 0.3 is 0 Å². The van der Waals surface area contributed by atoms with E-state index in [9.17, 15) is 0 Å². The van der Waals surface area contributed by atoms with E-state index in [-0.39, 0.29) is 6.04 Å². The van der Waals surface area contributed by atoms with Crippen LogP contribution in [0.1, 0.15) is 37.3 Å². The van der Waals surface area contributed by atoms with Crippen molar-refractivity contribution in [2.75, 3.05) is 0 Å². The smallest absolute Gasteiger partial charge is 0.0757 e. The highest BCUT2D eigenvalue weighted by molar-refractivity contribution is 5.08. The fourth-order valence-electron chi connectivity index (χ4n) is 1.61. The maximum absolute atomic E-state index is 6.06. The van der Waals surface area contributed by atoms with Crippen LogP contribution in [0.4, 0.5) is 0 Å².